The number of carbonyl (C=O) groups excluding carboxylic acids is 2. The Morgan fingerprint density at radius 2 is 1.76 bits per heavy atom. The van der Waals surface area contributed by atoms with Gasteiger partial charge in [-0.2, -0.15) is 0 Å². The van der Waals surface area contributed by atoms with Crippen molar-refractivity contribution in [2.24, 2.45) is 0 Å². The smallest absolute Gasteiger partial charge is 0.313 e. The van der Waals surface area contributed by atoms with E-state index < -0.39 is 11.8 Å². The van der Waals surface area contributed by atoms with E-state index in [1.54, 1.807) is 4.90 Å². The lowest BCUT2D eigenvalue weighted by Gasteiger charge is -2.34. The Balaban J connectivity index is 1.29. The molecule has 0 unspecified atom stereocenters. The van der Waals surface area contributed by atoms with Crippen LogP contribution in [-0.4, -0.2) is 54.6 Å². The first-order chi connectivity index (χ1) is 14.1. The van der Waals surface area contributed by atoms with Crippen molar-refractivity contribution in [3.63, 3.8) is 0 Å². The van der Waals surface area contributed by atoms with Crippen LogP contribution in [0.5, 0.6) is 11.5 Å². The van der Waals surface area contributed by atoms with Gasteiger partial charge in [0.2, 0.25) is 6.79 Å². The highest BCUT2D eigenvalue weighted by molar-refractivity contribution is 6.39. The highest BCUT2D eigenvalue weighted by Crippen LogP contribution is 2.32. The van der Waals surface area contributed by atoms with Gasteiger partial charge >= 0.3 is 11.8 Å². The number of anilines is 1. The summed E-state index contributed by atoms with van der Waals surface area (Å²) in [6.07, 6.45) is 0.795. The zero-order valence-electron chi connectivity index (χ0n) is 16.5. The average molecular weight is 395 g/mol. The van der Waals surface area contributed by atoms with Gasteiger partial charge in [0, 0.05) is 38.4 Å². The maximum atomic E-state index is 12.6. The summed E-state index contributed by atoms with van der Waals surface area (Å²) in [5.74, 6) is 0.508. The van der Waals surface area contributed by atoms with Gasteiger partial charge in [-0.25, -0.2) is 0 Å². The lowest BCUT2D eigenvalue weighted by Crippen LogP contribution is -2.51. The Kier molecular flexibility index (Phi) is 5.67. The minimum Gasteiger partial charge on any atom is -0.454 e. The highest BCUT2D eigenvalue weighted by Gasteiger charge is 2.26. The van der Waals surface area contributed by atoms with Crippen LogP contribution in [0, 0.1) is 0 Å². The second-order valence-electron chi connectivity index (χ2n) is 7.22. The Labute approximate surface area is 170 Å². The van der Waals surface area contributed by atoms with Crippen LogP contribution < -0.4 is 14.8 Å². The van der Waals surface area contributed by atoms with Crippen molar-refractivity contribution in [3.8, 4) is 11.5 Å². The van der Waals surface area contributed by atoms with Gasteiger partial charge in [0.25, 0.3) is 0 Å². The van der Waals surface area contributed by atoms with Crippen molar-refractivity contribution in [2.75, 3.05) is 38.3 Å². The molecular weight excluding hydrogens is 370 g/mol. The molecule has 2 aliphatic rings. The zero-order chi connectivity index (χ0) is 20.2. The fourth-order valence-corrected chi connectivity index (χ4v) is 3.68. The molecule has 1 saturated heterocycles. The van der Waals surface area contributed by atoms with Crippen molar-refractivity contribution in [3.05, 3.63) is 53.6 Å². The summed E-state index contributed by atoms with van der Waals surface area (Å²) in [6.45, 7) is 5.57. The van der Waals surface area contributed by atoms with Gasteiger partial charge in [-0.1, -0.05) is 31.2 Å². The molecule has 0 aliphatic carbocycles. The first-order valence-corrected chi connectivity index (χ1v) is 9.93. The molecular formula is C22H25N3O4. The molecule has 7 heteroatoms. The summed E-state index contributed by atoms with van der Waals surface area (Å²) in [7, 11) is 0. The topological polar surface area (TPSA) is 71.1 Å². The lowest BCUT2D eigenvalue weighted by atomic mass is 10.1. The van der Waals surface area contributed by atoms with E-state index in [2.05, 4.69) is 10.2 Å². The molecule has 1 N–H and O–H groups in total. The normalized spacial score (nSPS) is 16.0. The van der Waals surface area contributed by atoms with Crippen LogP contribution in [0.15, 0.2) is 42.5 Å². The summed E-state index contributed by atoms with van der Waals surface area (Å²) in [6, 6.07) is 13.5. The molecule has 29 heavy (non-hydrogen) atoms. The van der Waals surface area contributed by atoms with Crippen LogP contribution in [-0.2, 0) is 22.6 Å². The zero-order valence-corrected chi connectivity index (χ0v) is 16.5. The van der Waals surface area contributed by atoms with Gasteiger partial charge < -0.3 is 19.7 Å². The number of nitrogens with one attached hydrogen (secondary N) is 1. The van der Waals surface area contributed by atoms with E-state index in [0.29, 0.717) is 18.8 Å². The second kappa shape index (κ2) is 8.53. The molecule has 0 aromatic heterocycles. The maximum Gasteiger partial charge on any atom is 0.313 e. The number of aryl methyl sites for hydroxylation is 1. The Morgan fingerprint density at radius 1 is 1.00 bits per heavy atom. The summed E-state index contributed by atoms with van der Waals surface area (Å²) in [5, 5.41) is 2.76. The monoisotopic (exact) mass is 395 g/mol. The number of para-hydroxylation sites is 1. The third-order valence-electron chi connectivity index (χ3n) is 5.34. The van der Waals surface area contributed by atoms with Gasteiger partial charge in [0.1, 0.15) is 0 Å². The minimum absolute atomic E-state index is 0.268. The highest BCUT2D eigenvalue weighted by atomic mass is 16.7. The predicted octanol–water partition coefficient (Wildman–Crippen LogP) is 2.26. The van der Waals surface area contributed by atoms with E-state index in [4.69, 9.17) is 9.47 Å². The van der Waals surface area contributed by atoms with E-state index in [1.165, 1.54) is 0 Å². The molecule has 0 bridgehead atoms. The molecule has 2 aromatic rings. The number of hydrogen-bond donors (Lipinski definition) is 1. The molecule has 0 spiro atoms. The number of piperazine rings is 1. The fourth-order valence-electron chi connectivity index (χ4n) is 3.68. The fraction of sp³-hybridized carbons (Fsp3) is 0.364. The Hall–Kier alpha value is -3.06. The minimum atomic E-state index is -0.574. The van der Waals surface area contributed by atoms with Crippen LogP contribution in [0.1, 0.15) is 18.1 Å². The predicted molar refractivity (Wildman–Crippen MR) is 109 cm³/mol. The first kappa shape index (κ1) is 19.3. The van der Waals surface area contributed by atoms with Gasteiger partial charge in [0.05, 0.1) is 0 Å². The van der Waals surface area contributed by atoms with Crippen molar-refractivity contribution < 1.29 is 19.1 Å². The van der Waals surface area contributed by atoms with Crippen LogP contribution in [0.3, 0.4) is 0 Å². The molecule has 152 valence electrons. The van der Waals surface area contributed by atoms with E-state index >= 15 is 0 Å². The third kappa shape index (κ3) is 4.35. The van der Waals surface area contributed by atoms with Crippen LogP contribution in [0.2, 0.25) is 0 Å². The summed E-state index contributed by atoms with van der Waals surface area (Å²) < 4.78 is 10.8. The van der Waals surface area contributed by atoms with E-state index in [9.17, 15) is 9.59 Å². The first-order valence-electron chi connectivity index (χ1n) is 9.93. The van der Waals surface area contributed by atoms with Crippen molar-refractivity contribution in [1.29, 1.82) is 0 Å². The molecule has 2 aromatic carbocycles. The van der Waals surface area contributed by atoms with E-state index in [0.717, 1.165) is 48.7 Å². The molecule has 0 saturated carbocycles. The molecule has 0 radical (unpaired) electrons. The number of benzene rings is 2. The third-order valence-corrected chi connectivity index (χ3v) is 5.34. The van der Waals surface area contributed by atoms with Gasteiger partial charge in [-0.05, 0) is 35.7 Å². The summed E-state index contributed by atoms with van der Waals surface area (Å²) in [5.41, 5.74) is 2.86. The van der Waals surface area contributed by atoms with Crippen LogP contribution in [0.4, 0.5) is 5.69 Å². The number of amides is 2. The quantitative estimate of drug-likeness (QED) is 0.804. The largest absolute Gasteiger partial charge is 0.454 e. The average Bonchev–Trinajstić information content (AvgIpc) is 3.22. The molecule has 0 atom stereocenters. The SMILES string of the molecule is CCc1ccccc1NC(=O)C(=O)N1CCN(Cc2ccc3c(c2)OCO3)CC1. The molecule has 4 rings (SSSR count). The number of fused-ring (bicyclic) bond motifs is 1. The van der Waals surface area contributed by atoms with Crippen LogP contribution in [0.25, 0.3) is 0 Å². The standard InChI is InChI=1S/C22H25N3O4/c1-2-17-5-3-4-6-18(17)23-21(26)22(27)25-11-9-24(10-12-25)14-16-7-8-19-20(13-16)29-15-28-19/h3-8,13H,2,9-12,14-15H2,1H3,(H,23,26). The number of hydrogen-bond acceptors (Lipinski definition) is 5. The van der Waals surface area contributed by atoms with Crippen LogP contribution >= 0.6 is 0 Å². The summed E-state index contributed by atoms with van der Waals surface area (Å²) in [4.78, 5) is 28.9. The van der Waals surface area contributed by atoms with E-state index in [1.807, 2.05) is 49.4 Å². The van der Waals surface area contributed by atoms with Gasteiger partial charge in [0.15, 0.2) is 11.5 Å². The molecule has 7 nitrogen and oxygen atoms in total. The van der Waals surface area contributed by atoms with Gasteiger partial charge in [-0.15, -0.1) is 0 Å². The van der Waals surface area contributed by atoms with Crippen molar-refractivity contribution >= 4 is 17.5 Å². The molecule has 2 heterocycles. The number of rotatable bonds is 4. The molecule has 2 amide bonds. The Bertz CT molecular complexity index is 907. The molecule has 1 fully saturated rings. The van der Waals surface area contributed by atoms with Crippen molar-refractivity contribution in [1.82, 2.24) is 9.80 Å². The van der Waals surface area contributed by atoms with Crippen molar-refractivity contribution in [2.45, 2.75) is 19.9 Å². The number of carbonyl (C=O) groups is 2. The molecule has 2 aliphatic heterocycles. The second-order valence-corrected chi connectivity index (χ2v) is 7.22. The Morgan fingerprint density at radius 3 is 2.55 bits per heavy atom. The van der Waals surface area contributed by atoms with Gasteiger partial charge in [-0.3, -0.25) is 14.5 Å². The van der Waals surface area contributed by atoms with E-state index in [-0.39, 0.29) is 6.79 Å². The number of ether oxygens (including phenoxy) is 2. The maximum absolute atomic E-state index is 12.6. The summed E-state index contributed by atoms with van der Waals surface area (Å²) >= 11 is 0. The number of nitrogens with zero attached hydrogens (tertiary/aromatic N) is 2. The lowest BCUT2D eigenvalue weighted by molar-refractivity contribution is -0.144.